The molecular formula is C21H23N5OS. The molecule has 0 bridgehead atoms. The minimum Gasteiger partial charge on any atom is -0.368 e. The molecule has 7 heteroatoms. The van der Waals surface area contributed by atoms with E-state index in [4.69, 9.17) is 5.73 Å². The number of pyridine rings is 1. The molecule has 0 radical (unpaired) electrons. The predicted molar refractivity (Wildman–Crippen MR) is 112 cm³/mol. The van der Waals surface area contributed by atoms with Crippen molar-refractivity contribution in [3.8, 4) is 22.4 Å². The van der Waals surface area contributed by atoms with E-state index in [1.165, 1.54) is 12.8 Å². The van der Waals surface area contributed by atoms with Gasteiger partial charge in [0.15, 0.2) is 0 Å². The Morgan fingerprint density at radius 2 is 1.50 bits per heavy atom. The highest BCUT2D eigenvalue weighted by Gasteiger charge is 2.20. The van der Waals surface area contributed by atoms with Crippen LogP contribution in [0.2, 0.25) is 0 Å². The first-order valence-corrected chi connectivity index (χ1v) is 10.6. The van der Waals surface area contributed by atoms with Gasteiger partial charge in [-0.1, -0.05) is 37.1 Å². The summed E-state index contributed by atoms with van der Waals surface area (Å²) in [5, 5.41) is 0. The Morgan fingerprint density at radius 1 is 0.821 bits per heavy atom. The summed E-state index contributed by atoms with van der Waals surface area (Å²) in [7, 11) is -1.17. The van der Waals surface area contributed by atoms with E-state index in [0.717, 1.165) is 53.2 Å². The van der Waals surface area contributed by atoms with Crippen molar-refractivity contribution in [2.24, 2.45) is 0 Å². The smallest absolute Gasteiger partial charge is 0.219 e. The number of hydrogen-bond donors (Lipinski definition) is 1. The van der Waals surface area contributed by atoms with E-state index in [2.05, 4.69) is 19.3 Å². The SMILES string of the molecule is Nc1ncc(-c2ccc(-c3ccccc3S(=O)N3CCCCCC3)cn2)cn1. The fourth-order valence-corrected chi connectivity index (χ4v) is 4.84. The number of aromatic nitrogens is 3. The second kappa shape index (κ2) is 8.58. The number of benzene rings is 1. The number of nitrogen functional groups attached to an aromatic ring is 1. The van der Waals surface area contributed by atoms with Crippen LogP contribution in [0.5, 0.6) is 0 Å². The van der Waals surface area contributed by atoms with Crippen LogP contribution in [0, 0.1) is 0 Å². The Hall–Kier alpha value is -2.64. The summed E-state index contributed by atoms with van der Waals surface area (Å²) in [4.78, 5) is 13.4. The van der Waals surface area contributed by atoms with E-state index in [1.54, 1.807) is 12.4 Å². The number of anilines is 1. The summed E-state index contributed by atoms with van der Waals surface area (Å²) in [5.74, 6) is 0.241. The molecule has 3 aromatic rings. The highest BCUT2D eigenvalue weighted by molar-refractivity contribution is 7.82. The van der Waals surface area contributed by atoms with Crippen molar-refractivity contribution >= 4 is 16.9 Å². The van der Waals surface area contributed by atoms with Gasteiger partial charge in [0, 0.05) is 48.4 Å². The average molecular weight is 394 g/mol. The van der Waals surface area contributed by atoms with Crippen molar-refractivity contribution in [3.63, 3.8) is 0 Å². The van der Waals surface area contributed by atoms with Gasteiger partial charge in [0.2, 0.25) is 5.95 Å². The maximum atomic E-state index is 13.3. The molecule has 1 aliphatic heterocycles. The van der Waals surface area contributed by atoms with Crippen molar-refractivity contribution in [3.05, 3.63) is 55.0 Å². The van der Waals surface area contributed by atoms with Crippen LogP contribution < -0.4 is 5.73 Å². The summed E-state index contributed by atoms with van der Waals surface area (Å²) in [5.41, 5.74) is 9.03. The van der Waals surface area contributed by atoms with Gasteiger partial charge < -0.3 is 5.73 Å². The number of nitrogens with two attached hydrogens (primary N) is 1. The van der Waals surface area contributed by atoms with Crippen LogP contribution in [0.15, 0.2) is 59.9 Å². The molecule has 2 N–H and O–H groups in total. The lowest BCUT2D eigenvalue weighted by molar-refractivity contribution is 0.460. The van der Waals surface area contributed by atoms with Gasteiger partial charge in [-0.15, -0.1) is 0 Å². The first kappa shape index (κ1) is 18.7. The third kappa shape index (κ3) is 4.10. The summed E-state index contributed by atoms with van der Waals surface area (Å²) in [6.07, 6.45) is 9.77. The number of nitrogens with zero attached hydrogens (tertiary/aromatic N) is 4. The topological polar surface area (TPSA) is 85.0 Å². The summed E-state index contributed by atoms with van der Waals surface area (Å²) < 4.78 is 15.4. The molecule has 6 nitrogen and oxygen atoms in total. The quantitative estimate of drug-likeness (QED) is 0.731. The third-order valence-corrected chi connectivity index (χ3v) is 6.48. The van der Waals surface area contributed by atoms with E-state index in [9.17, 15) is 4.21 Å². The number of hydrogen-bond acceptors (Lipinski definition) is 5. The molecule has 0 amide bonds. The van der Waals surface area contributed by atoms with Crippen molar-refractivity contribution in [2.75, 3.05) is 18.8 Å². The van der Waals surface area contributed by atoms with Crippen LogP contribution in [0.3, 0.4) is 0 Å². The Balaban J connectivity index is 1.62. The molecule has 1 aliphatic rings. The van der Waals surface area contributed by atoms with Crippen LogP contribution in [0.25, 0.3) is 22.4 Å². The highest BCUT2D eigenvalue weighted by atomic mass is 32.2. The van der Waals surface area contributed by atoms with E-state index < -0.39 is 11.0 Å². The number of rotatable bonds is 4. The average Bonchev–Trinajstić information content (AvgIpc) is 3.04. The summed E-state index contributed by atoms with van der Waals surface area (Å²) >= 11 is 0. The molecule has 1 aromatic carbocycles. The van der Waals surface area contributed by atoms with Crippen molar-refractivity contribution in [1.29, 1.82) is 0 Å². The Kier molecular flexibility index (Phi) is 5.73. The van der Waals surface area contributed by atoms with E-state index >= 15 is 0 Å². The van der Waals surface area contributed by atoms with Crippen LogP contribution in [0.4, 0.5) is 5.95 Å². The second-order valence-corrected chi connectivity index (χ2v) is 8.31. The van der Waals surface area contributed by atoms with Crippen LogP contribution in [-0.2, 0) is 11.0 Å². The lowest BCUT2D eigenvalue weighted by atomic mass is 10.1. The molecule has 3 heterocycles. The van der Waals surface area contributed by atoms with Gasteiger partial charge in [0.25, 0.3) is 0 Å². The van der Waals surface area contributed by atoms with Gasteiger partial charge in [-0.2, -0.15) is 0 Å². The van der Waals surface area contributed by atoms with E-state index in [0.29, 0.717) is 0 Å². The summed E-state index contributed by atoms with van der Waals surface area (Å²) in [6, 6.07) is 11.8. The fourth-order valence-electron chi connectivity index (χ4n) is 3.40. The van der Waals surface area contributed by atoms with Gasteiger partial charge in [-0.25, -0.2) is 18.5 Å². The zero-order chi connectivity index (χ0) is 19.3. The first-order chi connectivity index (χ1) is 13.7. The lowest BCUT2D eigenvalue weighted by Crippen LogP contribution is -2.27. The molecule has 0 aliphatic carbocycles. The molecular weight excluding hydrogens is 370 g/mol. The van der Waals surface area contributed by atoms with Crippen molar-refractivity contribution in [2.45, 2.75) is 30.6 Å². The highest BCUT2D eigenvalue weighted by Crippen LogP contribution is 2.29. The van der Waals surface area contributed by atoms with Gasteiger partial charge in [0.05, 0.1) is 10.6 Å². The fraction of sp³-hybridized carbons (Fsp3) is 0.286. The predicted octanol–water partition coefficient (Wildman–Crippen LogP) is 3.69. The van der Waals surface area contributed by atoms with Crippen LogP contribution >= 0.6 is 0 Å². The normalized spacial score (nSPS) is 16.4. The minimum absolute atomic E-state index is 0.241. The molecule has 2 aromatic heterocycles. The van der Waals surface area contributed by atoms with Crippen molar-refractivity contribution < 1.29 is 4.21 Å². The van der Waals surface area contributed by atoms with Crippen molar-refractivity contribution in [1.82, 2.24) is 19.3 Å². The second-order valence-electron chi connectivity index (χ2n) is 6.85. The van der Waals surface area contributed by atoms with E-state index in [-0.39, 0.29) is 5.95 Å². The molecule has 1 fully saturated rings. The van der Waals surface area contributed by atoms with Gasteiger partial charge in [-0.3, -0.25) is 4.98 Å². The van der Waals surface area contributed by atoms with Gasteiger partial charge in [-0.05, 0) is 25.0 Å². The zero-order valence-corrected chi connectivity index (χ0v) is 16.4. The molecule has 0 saturated carbocycles. The maximum Gasteiger partial charge on any atom is 0.219 e. The lowest BCUT2D eigenvalue weighted by Gasteiger charge is -2.20. The molecule has 1 saturated heterocycles. The third-order valence-electron chi connectivity index (χ3n) is 4.92. The molecule has 144 valence electrons. The first-order valence-electron chi connectivity index (χ1n) is 9.52. The van der Waals surface area contributed by atoms with Gasteiger partial charge >= 0.3 is 0 Å². The monoisotopic (exact) mass is 393 g/mol. The molecule has 1 atom stereocenters. The zero-order valence-electron chi connectivity index (χ0n) is 15.6. The van der Waals surface area contributed by atoms with E-state index in [1.807, 2.05) is 42.6 Å². The Labute approximate surface area is 167 Å². The van der Waals surface area contributed by atoms with Gasteiger partial charge in [0.1, 0.15) is 11.0 Å². The Morgan fingerprint density at radius 3 is 2.18 bits per heavy atom. The molecule has 28 heavy (non-hydrogen) atoms. The molecule has 1 unspecified atom stereocenters. The Bertz CT molecular complexity index is 951. The van der Waals surface area contributed by atoms with Crippen LogP contribution in [-0.4, -0.2) is 36.6 Å². The standard InChI is InChI=1S/C21H23N5OS/c22-21-24-14-17(15-25-21)19-10-9-16(13-23-19)18-7-3-4-8-20(18)28(27)26-11-5-1-2-6-12-26/h3-4,7-10,13-15H,1-2,5-6,11-12H2,(H2,22,24,25). The minimum atomic E-state index is -1.17. The largest absolute Gasteiger partial charge is 0.368 e. The van der Waals surface area contributed by atoms with Crippen LogP contribution in [0.1, 0.15) is 25.7 Å². The molecule has 4 rings (SSSR count). The molecule has 0 spiro atoms. The summed E-state index contributed by atoms with van der Waals surface area (Å²) in [6.45, 7) is 1.77. The maximum absolute atomic E-state index is 13.3.